The van der Waals surface area contributed by atoms with Gasteiger partial charge in [0.1, 0.15) is 0 Å². The lowest BCUT2D eigenvalue weighted by atomic mass is 9.96. The van der Waals surface area contributed by atoms with Gasteiger partial charge in [-0.05, 0) is 54.0 Å². The average molecular weight is 301 g/mol. The normalized spacial score (nSPS) is 28.3. The highest BCUT2D eigenvalue weighted by atomic mass is 32.2. The molecule has 0 amide bonds. The molecule has 2 saturated carbocycles. The van der Waals surface area contributed by atoms with E-state index in [4.69, 9.17) is 0 Å². The molecule has 1 N–H and O–H groups in total. The zero-order valence-electron chi connectivity index (χ0n) is 11.8. The van der Waals surface area contributed by atoms with E-state index in [-0.39, 0.29) is 6.04 Å². The first-order chi connectivity index (χ1) is 10.1. The van der Waals surface area contributed by atoms with Crippen LogP contribution in [0.15, 0.2) is 47.4 Å². The molecular weight excluding hydrogens is 282 g/mol. The van der Waals surface area contributed by atoms with Gasteiger partial charge in [0.05, 0.1) is 4.90 Å². The van der Waals surface area contributed by atoms with E-state index >= 15 is 0 Å². The highest BCUT2D eigenvalue weighted by molar-refractivity contribution is 7.89. The quantitative estimate of drug-likeness (QED) is 0.945. The van der Waals surface area contributed by atoms with Crippen LogP contribution in [-0.4, -0.2) is 14.5 Å². The van der Waals surface area contributed by atoms with Crippen LogP contribution in [0, 0.1) is 11.8 Å². The summed E-state index contributed by atoms with van der Waals surface area (Å²) in [5.41, 5.74) is 0. The Morgan fingerprint density at radius 2 is 1.76 bits per heavy atom. The third kappa shape index (κ3) is 2.36. The monoisotopic (exact) mass is 301 g/mol. The predicted molar refractivity (Wildman–Crippen MR) is 83.5 cm³/mol. The van der Waals surface area contributed by atoms with E-state index in [1.165, 1.54) is 19.3 Å². The summed E-state index contributed by atoms with van der Waals surface area (Å²) in [6.45, 7) is 0. The minimum Gasteiger partial charge on any atom is -0.208 e. The van der Waals surface area contributed by atoms with Crippen LogP contribution in [0.5, 0.6) is 0 Å². The van der Waals surface area contributed by atoms with Crippen LogP contribution < -0.4 is 4.72 Å². The van der Waals surface area contributed by atoms with Crippen LogP contribution in [0.2, 0.25) is 0 Å². The van der Waals surface area contributed by atoms with E-state index in [1.54, 1.807) is 12.1 Å². The number of hydrogen-bond acceptors (Lipinski definition) is 2. The molecule has 0 heterocycles. The third-order valence-electron chi connectivity index (χ3n) is 5.08. The second kappa shape index (κ2) is 4.82. The molecule has 2 aromatic carbocycles. The summed E-state index contributed by atoms with van der Waals surface area (Å²) >= 11 is 0. The maximum Gasteiger partial charge on any atom is 0.240 e. The van der Waals surface area contributed by atoms with Crippen molar-refractivity contribution in [2.45, 2.75) is 36.6 Å². The van der Waals surface area contributed by atoms with E-state index in [1.807, 2.05) is 30.3 Å². The molecular formula is C17H19NO2S. The highest BCUT2D eigenvalue weighted by Gasteiger charge is 2.41. The van der Waals surface area contributed by atoms with E-state index in [0.29, 0.717) is 10.8 Å². The van der Waals surface area contributed by atoms with E-state index in [0.717, 1.165) is 23.1 Å². The van der Waals surface area contributed by atoms with Crippen molar-refractivity contribution in [3.05, 3.63) is 42.5 Å². The molecule has 110 valence electrons. The second-order valence-corrected chi connectivity index (χ2v) is 8.13. The Morgan fingerprint density at radius 3 is 2.48 bits per heavy atom. The van der Waals surface area contributed by atoms with Crippen molar-refractivity contribution in [1.29, 1.82) is 0 Å². The van der Waals surface area contributed by atoms with Crippen molar-refractivity contribution in [3.8, 4) is 0 Å². The molecule has 2 aliphatic carbocycles. The summed E-state index contributed by atoms with van der Waals surface area (Å²) in [6, 6.07) is 13.3. The van der Waals surface area contributed by atoms with Crippen molar-refractivity contribution in [3.63, 3.8) is 0 Å². The molecule has 4 rings (SSSR count). The Balaban J connectivity index is 1.63. The van der Waals surface area contributed by atoms with Gasteiger partial charge in [-0.1, -0.05) is 36.8 Å². The van der Waals surface area contributed by atoms with Crippen LogP contribution in [0.25, 0.3) is 10.8 Å². The lowest BCUT2D eigenvalue weighted by molar-refractivity contribution is 0.390. The molecule has 2 bridgehead atoms. The molecule has 0 radical (unpaired) electrons. The molecule has 4 heteroatoms. The number of sulfonamides is 1. The molecule has 0 saturated heterocycles. The number of benzene rings is 2. The highest BCUT2D eigenvalue weighted by Crippen LogP contribution is 2.44. The lowest BCUT2D eigenvalue weighted by Crippen LogP contribution is -2.38. The summed E-state index contributed by atoms with van der Waals surface area (Å²) in [5, 5.41) is 2.03. The SMILES string of the molecule is O=S(=O)(N[C@H]1C[C@H]2CC[C@@H]1C2)c1ccc2ccccc2c1. The van der Waals surface area contributed by atoms with Crippen LogP contribution >= 0.6 is 0 Å². The van der Waals surface area contributed by atoms with Crippen molar-refractivity contribution in [1.82, 2.24) is 4.72 Å². The topological polar surface area (TPSA) is 46.2 Å². The number of nitrogens with one attached hydrogen (secondary N) is 1. The maximum absolute atomic E-state index is 12.6. The largest absolute Gasteiger partial charge is 0.240 e. The number of hydrogen-bond donors (Lipinski definition) is 1. The maximum atomic E-state index is 12.6. The minimum atomic E-state index is -3.41. The number of rotatable bonds is 3. The van der Waals surface area contributed by atoms with Crippen LogP contribution in [0.4, 0.5) is 0 Å². The first-order valence-corrected chi connectivity index (χ1v) is 9.11. The molecule has 2 fully saturated rings. The Bertz CT molecular complexity index is 784. The summed E-state index contributed by atoms with van der Waals surface area (Å²) in [7, 11) is -3.41. The second-order valence-electron chi connectivity index (χ2n) is 6.41. The van der Waals surface area contributed by atoms with Gasteiger partial charge < -0.3 is 0 Å². The molecule has 0 unspecified atom stereocenters. The van der Waals surface area contributed by atoms with Crippen molar-refractivity contribution >= 4 is 20.8 Å². The van der Waals surface area contributed by atoms with E-state index in [2.05, 4.69) is 4.72 Å². The molecule has 0 spiro atoms. The van der Waals surface area contributed by atoms with Crippen LogP contribution in [0.1, 0.15) is 25.7 Å². The van der Waals surface area contributed by atoms with Gasteiger partial charge in [0, 0.05) is 6.04 Å². The van der Waals surface area contributed by atoms with E-state index in [9.17, 15) is 8.42 Å². The van der Waals surface area contributed by atoms with Gasteiger partial charge in [0.25, 0.3) is 0 Å². The Morgan fingerprint density at radius 1 is 0.952 bits per heavy atom. The standard InChI is InChI=1S/C17H19NO2S/c19-21(20,18-17-10-12-5-6-15(17)9-12)16-8-7-13-3-1-2-4-14(13)11-16/h1-4,7-8,11-12,15,17-18H,5-6,9-10H2/t12-,15+,17-/m0/s1. The van der Waals surface area contributed by atoms with Crippen molar-refractivity contribution < 1.29 is 8.42 Å². The van der Waals surface area contributed by atoms with Gasteiger partial charge in [-0.2, -0.15) is 0 Å². The Labute approximate surface area is 125 Å². The molecule has 0 aromatic heterocycles. The van der Waals surface area contributed by atoms with Crippen molar-refractivity contribution in [2.24, 2.45) is 11.8 Å². The molecule has 2 aromatic rings. The predicted octanol–water partition coefficient (Wildman–Crippen LogP) is 3.31. The summed E-state index contributed by atoms with van der Waals surface area (Å²) in [4.78, 5) is 0.379. The first-order valence-electron chi connectivity index (χ1n) is 7.63. The zero-order valence-corrected chi connectivity index (χ0v) is 12.6. The van der Waals surface area contributed by atoms with Gasteiger partial charge in [0.2, 0.25) is 10.0 Å². The average Bonchev–Trinajstić information content (AvgIpc) is 3.09. The zero-order chi connectivity index (χ0) is 14.4. The fourth-order valence-electron chi connectivity index (χ4n) is 3.99. The fraction of sp³-hybridized carbons (Fsp3) is 0.412. The first kappa shape index (κ1) is 13.3. The van der Waals surface area contributed by atoms with E-state index < -0.39 is 10.0 Å². The smallest absolute Gasteiger partial charge is 0.208 e. The molecule has 21 heavy (non-hydrogen) atoms. The van der Waals surface area contributed by atoms with Gasteiger partial charge >= 0.3 is 0 Å². The van der Waals surface area contributed by atoms with Crippen molar-refractivity contribution in [2.75, 3.05) is 0 Å². The van der Waals surface area contributed by atoms with Crippen LogP contribution in [-0.2, 0) is 10.0 Å². The lowest BCUT2D eigenvalue weighted by Gasteiger charge is -2.22. The van der Waals surface area contributed by atoms with Gasteiger partial charge in [-0.15, -0.1) is 0 Å². The molecule has 3 atom stereocenters. The summed E-state index contributed by atoms with van der Waals surface area (Å²) in [5.74, 6) is 1.28. The number of fused-ring (bicyclic) bond motifs is 3. The summed E-state index contributed by atoms with van der Waals surface area (Å²) in [6.07, 6.45) is 4.66. The van der Waals surface area contributed by atoms with Gasteiger partial charge in [-0.25, -0.2) is 13.1 Å². The summed E-state index contributed by atoms with van der Waals surface area (Å²) < 4.78 is 28.1. The van der Waals surface area contributed by atoms with Gasteiger partial charge in [-0.3, -0.25) is 0 Å². The minimum absolute atomic E-state index is 0.139. The third-order valence-corrected chi connectivity index (χ3v) is 6.56. The fourth-order valence-corrected chi connectivity index (χ4v) is 5.34. The molecule has 2 aliphatic rings. The van der Waals surface area contributed by atoms with Crippen LogP contribution in [0.3, 0.4) is 0 Å². The molecule has 3 nitrogen and oxygen atoms in total. The van der Waals surface area contributed by atoms with Gasteiger partial charge in [0.15, 0.2) is 0 Å². The Hall–Kier alpha value is -1.39. The molecule has 0 aliphatic heterocycles. The Kier molecular flexibility index (Phi) is 3.05.